The Morgan fingerprint density at radius 3 is 0.939 bits per heavy atom. The minimum absolute atomic E-state index is 0.0514. The van der Waals surface area contributed by atoms with Gasteiger partial charge in [-0.3, -0.25) is 14.4 Å². The maximum Gasteiger partial charge on any atom is 0.329 e. The summed E-state index contributed by atoms with van der Waals surface area (Å²) in [5, 5.41) is 10.9. The molecule has 0 fully saturated rings. The Morgan fingerprint density at radius 2 is 0.682 bits per heavy atom. The molecule has 7 rings (SSSR count). The Hall–Kier alpha value is -7.68. The molecule has 3 atom stereocenters. The summed E-state index contributed by atoms with van der Waals surface area (Å²) in [4.78, 5) is 93.7. The number of fused-ring (bicyclic) bond motifs is 3. The second-order valence-corrected chi connectivity index (χ2v) is 17.0. The molecule has 0 aliphatic rings. The molecule has 6 N–H and O–H groups in total. The van der Waals surface area contributed by atoms with Crippen molar-refractivity contribution in [3.05, 3.63) is 143 Å². The van der Waals surface area contributed by atoms with Crippen molar-refractivity contribution in [3.63, 3.8) is 0 Å². The summed E-state index contributed by atoms with van der Waals surface area (Å²) in [7, 11) is 0. The molecule has 0 unspecified atom stereocenters. The highest BCUT2D eigenvalue weighted by molar-refractivity contribution is 6.06. The number of para-hydroxylation sites is 3. The maximum atomic E-state index is 14.4. The average molecular weight is 895 g/mol. The number of hydrogen-bond donors (Lipinski definition) is 6. The first kappa shape index (κ1) is 46.3. The Balaban J connectivity index is 1.24. The number of esters is 3. The van der Waals surface area contributed by atoms with E-state index >= 15 is 0 Å². The Bertz CT molecular complexity index is 2580. The van der Waals surface area contributed by atoms with Gasteiger partial charge in [0.05, 0.1) is 18.3 Å². The van der Waals surface area contributed by atoms with Gasteiger partial charge in [-0.1, -0.05) is 54.6 Å². The van der Waals surface area contributed by atoms with Crippen LogP contribution in [0.25, 0.3) is 32.7 Å². The summed E-state index contributed by atoms with van der Waals surface area (Å²) in [5.41, 5.74) is 4.26. The lowest BCUT2D eigenvalue weighted by molar-refractivity contribution is -0.150. The van der Waals surface area contributed by atoms with Crippen LogP contribution in [-0.2, 0) is 47.9 Å². The van der Waals surface area contributed by atoms with Gasteiger partial charge in [0.1, 0.15) is 18.1 Å². The number of carbonyl (C=O) groups is 6. The maximum absolute atomic E-state index is 14.4. The molecule has 3 amide bonds. The van der Waals surface area contributed by atoms with Crippen molar-refractivity contribution in [2.24, 2.45) is 0 Å². The summed E-state index contributed by atoms with van der Waals surface area (Å²) in [6.07, 6.45) is 3.93. The van der Waals surface area contributed by atoms with Crippen molar-refractivity contribution >= 4 is 68.3 Å². The third-order valence-electron chi connectivity index (χ3n) is 10.8. The molecule has 0 aliphatic carbocycles. The van der Waals surface area contributed by atoms with Gasteiger partial charge in [0.2, 0.25) is 0 Å². The lowest BCUT2D eigenvalue weighted by Gasteiger charge is -2.21. The molecule has 66 heavy (non-hydrogen) atoms. The summed E-state index contributed by atoms with van der Waals surface area (Å²) in [6, 6.07) is 22.8. The van der Waals surface area contributed by atoms with E-state index in [1.165, 1.54) is 18.2 Å². The number of amides is 3. The fraction of sp³-hybridized carbons (Fsp3) is 0.294. The monoisotopic (exact) mass is 894 g/mol. The number of aromatic amines is 3. The number of hydrogen-bond acceptors (Lipinski definition) is 9. The third kappa shape index (κ3) is 11.2. The third-order valence-corrected chi connectivity index (χ3v) is 10.8. The smallest absolute Gasteiger partial charge is 0.329 e. The zero-order chi connectivity index (χ0) is 47.1. The SMILES string of the molecule is CC(C)OC(=O)[C@H](Cc1c[nH]c2ccccc12)NC(=O)c1cc(C(=O)N[C@@H](Cc2c[nH]c3ccccc23)C(=O)OC(C)C)cc(C(=O)N[C@@H](Cc2c[nH]c3ccccc23)C(=O)OC(C)C)c1. The fourth-order valence-corrected chi connectivity index (χ4v) is 7.83. The minimum Gasteiger partial charge on any atom is -0.461 e. The molecule has 0 radical (unpaired) electrons. The normalized spacial score (nSPS) is 12.9. The molecule has 0 saturated heterocycles. The van der Waals surface area contributed by atoms with Crippen LogP contribution in [-0.4, -0.2) is 87.0 Å². The first-order valence-electron chi connectivity index (χ1n) is 22.0. The predicted octanol–water partition coefficient (Wildman–Crippen LogP) is 7.01. The number of aromatic nitrogens is 3. The number of ether oxygens (including phenoxy) is 3. The number of H-pyrrole nitrogens is 3. The van der Waals surface area contributed by atoms with Crippen molar-refractivity contribution in [3.8, 4) is 0 Å². The van der Waals surface area contributed by atoms with Crippen LogP contribution in [0.5, 0.6) is 0 Å². The van der Waals surface area contributed by atoms with E-state index in [0.717, 1.165) is 49.4 Å². The highest BCUT2D eigenvalue weighted by atomic mass is 16.6. The van der Waals surface area contributed by atoms with Crippen LogP contribution in [0, 0.1) is 0 Å². The summed E-state index contributed by atoms with van der Waals surface area (Å²) < 4.78 is 16.7. The summed E-state index contributed by atoms with van der Waals surface area (Å²) in [6.45, 7) is 10.2. The van der Waals surface area contributed by atoms with E-state index in [1.54, 1.807) is 60.1 Å². The van der Waals surface area contributed by atoms with Gasteiger partial charge in [-0.05, 0) is 94.6 Å². The van der Waals surface area contributed by atoms with E-state index in [1.807, 2.05) is 72.8 Å². The van der Waals surface area contributed by atoms with Crippen LogP contribution in [0.4, 0.5) is 0 Å². The van der Waals surface area contributed by atoms with Crippen LogP contribution in [0.3, 0.4) is 0 Å². The molecular formula is C51H54N6O9. The molecule has 342 valence electrons. The number of benzene rings is 4. The number of carbonyl (C=O) groups excluding carboxylic acids is 6. The van der Waals surface area contributed by atoms with Gasteiger partial charge < -0.3 is 45.1 Å². The Kier molecular flexibility index (Phi) is 14.3. The number of nitrogens with one attached hydrogen (secondary N) is 6. The van der Waals surface area contributed by atoms with Crippen molar-refractivity contribution in [1.82, 2.24) is 30.9 Å². The number of rotatable bonds is 18. The molecule has 15 heteroatoms. The highest BCUT2D eigenvalue weighted by Crippen LogP contribution is 2.24. The second kappa shape index (κ2) is 20.4. The van der Waals surface area contributed by atoms with Crippen LogP contribution in [0.15, 0.2) is 110 Å². The quantitative estimate of drug-likeness (QED) is 0.0386. The van der Waals surface area contributed by atoms with Crippen LogP contribution < -0.4 is 16.0 Å². The molecule has 7 aromatic rings. The lowest BCUT2D eigenvalue weighted by Crippen LogP contribution is -2.45. The lowest BCUT2D eigenvalue weighted by atomic mass is 10.00. The molecule has 15 nitrogen and oxygen atoms in total. The highest BCUT2D eigenvalue weighted by Gasteiger charge is 2.31. The van der Waals surface area contributed by atoms with E-state index in [4.69, 9.17) is 14.2 Å². The first-order valence-corrected chi connectivity index (χ1v) is 22.0. The standard InChI is InChI=1S/C51H54N6O9/c1-28(2)64-49(61)43(22-34-25-52-40-16-10-7-13-37(34)40)55-46(58)31-19-32(47(59)56-44(50(62)65-29(3)4)23-35-26-53-41-17-11-8-14-38(35)41)21-33(20-31)48(60)57-45(51(63)66-30(5)6)24-36-27-54-42-18-12-9-15-39(36)42/h7-21,25-30,43-45,52-54H,22-24H2,1-6H3,(H,55,58)(H,56,59)(H,57,60)/t43-,44-,45-/m0/s1. The van der Waals surface area contributed by atoms with Crippen LogP contribution in [0.1, 0.15) is 89.3 Å². The molecule has 0 spiro atoms. The molecule has 0 aliphatic heterocycles. The van der Waals surface area contributed by atoms with Gasteiger partial charge in [0, 0.05) is 87.3 Å². The van der Waals surface area contributed by atoms with Gasteiger partial charge in [0.15, 0.2) is 0 Å². The molecule has 0 bridgehead atoms. The van der Waals surface area contributed by atoms with Crippen LogP contribution >= 0.6 is 0 Å². The van der Waals surface area contributed by atoms with Crippen molar-refractivity contribution < 1.29 is 43.0 Å². The zero-order valence-electron chi connectivity index (χ0n) is 37.7. The summed E-state index contributed by atoms with van der Waals surface area (Å²) in [5.74, 6) is -4.47. The Labute approximate surface area is 381 Å². The zero-order valence-corrected chi connectivity index (χ0v) is 37.7. The molecule has 3 heterocycles. The van der Waals surface area contributed by atoms with E-state index in [2.05, 4.69) is 30.9 Å². The fourth-order valence-electron chi connectivity index (χ4n) is 7.83. The molecule has 3 aromatic heterocycles. The van der Waals surface area contributed by atoms with E-state index in [-0.39, 0.29) is 36.0 Å². The minimum atomic E-state index is -1.19. The van der Waals surface area contributed by atoms with Gasteiger partial charge >= 0.3 is 17.9 Å². The first-order chi connectivity index (χ1) is 31.6. The average Bonchev–Trinajstić information content (AvgIpc) is 4.02. The van der Waals surface area contributed by atoms with Gasteiger partial charge in [0.25, 0.3) is 17.7 Å². The van der Waals surface area contributed by atoms with Gasteiger partial charge in [-0.2, -0.15) is 0 Å². The van der Waals surface area contributed by atoms with E-state index in [9.17, 15) is 28.8 Å². The molecule has 0 saturated carbocycles. The topological polar surface area (TPSA) is 214 Å². The van der Waals surface area contributed by atoms with Crippen molar-refractivity contribution in [2.75, 3.05) is 0 Å². The van der Waals surface area contributed by atoms with Crippen LogP contribution in [0.2, 0.25) is 0 Å². The Morgan fingerprint density at radius 1 is 0.424 bits per heavy atom. The van der Waals surface area contributed by atoms with Crippen molar-refractivity contribution in [1.29, 1.82) is 0 Å². The second-order valence-electron chi connectivity index (χ2n) is 17.0. The van der Waals surface area contributed by atoms with E-state index in [0.29, 0.717) is 0 Å². The predicted molar refractivity (Wildman–Crippen MR) is 250 cm³/mol. The molecule has 4 aromatic carbocycles. The van der Waals surface area contributed by atoms with Crippen molar-refractivity contribution in [2.45, 2.75) is 97.2 Å². The molecular weight excluding hydrogens is 841 g/mol. The van der Waals surface area contributed by atoms with E-state index < -0.39 is 72.1 Å². The largest absolute Gasteiger partial charge is 0.461 e. The summed E-state index contributed by atoms with van der Waals surface area (Å²) >= 11 is 0. The van der Waals surface area contributed by atoms with Gasteiger partial charge in [-0.15, -0.1) is 0 Å². The van der Waals surface area contributed by atoms with Gasteiger partial charge in [-0.25, -0.2) is 14.4 Å².